The molecule has 1 aromatic heterocycles. The van der Waals surface area contributed by atoms with Gasteiger partial charge in [-0.05, 0) is 61.7 Å². The van der Waals surface area contributed by atoms with Crippen molar-refractivity contribution in [3.8, 4) is 16.6 Å². The number of hydrogen-bond donors (Lipinski definition) is 1. The number of carbonyl (C=O) groups is 1. The number of amides is 1. The van der Waals surface area contributed by atoms with Gasteiger partial charge in [0.05, 0.1) is 10.2 Å². The van der Waals surface area contributed by atoms with E-state index in [1.807, 2.05) is 30.3 Å². The minimum Gasteiger partial charge on any atom is -0.360 e. The van der Waals surface area contributed by atoms with Gasteiger partial charge in [0.15, 0.2) is 0 Å². The Kier molecular flexibility index (Phi) is 6.34. The molecule has 0 unspecified atom stereocenters. The number of nitrogens with one attached hydrogen (secondary N) is 1. The van der Waals surface area contributed by atoms with Gasteiger partial charge >= 0.3 is 0 Å². The van der Waals surface area contributed by atoms with Crippen LogP contribution in [0.25, 0.3) is 20.8 Å². The summed E-state index contributed by atoms with van der Waals surface area (Å²) in [6, 6.07) is 16.4. The highest BCUT2D eigenvalue weighted by atomic mass is 32.1. The fourth-order valence-corrected chi connectivity index (χ4v) is 5.06. The van der Waals surface area contributed by atoms with Crippen molar-refractivity contribution in [2.24, 2.45) is 0 Å². The molecule has 1 N–H and O–H groups in total. The zero-order chi connectivity index (χ0) is 21.8. The highest BCUT2D eigenvalue weighted by Crippen LogP contribution is 2.31. The van der Waals surface area contributed by atoms with Crippen molar-refractivity contribution in [2.75, 3.05) is 12.4 Å². The number of anilines is 1. The number of hydrogen-bond acceptors (Lipinski definition) is 5. The molecule has 0 radical (unpaired) electrons. The number of aryl methyl sites for hydroxylation is 1. The molecular formula is C25H26N4OS. The van der Waals surface area contributed by atoms with E-state index in [9.17, 15) is 10.1 Å². The van der Waals surface area contributed by atoms with Gasteiger partial charge in [-0.2, -0.15) is 5.26 Å². The number of carbonyl (C=O) groups excluding carboxylic acids is 1. The monoisotopic (exact) mass is 430 g/mol. The number of likely N-dealkylation sites (N-methyl/N-ethyl adjacent to an activating group) is 1. The Labute approximate surface area is 187 Å². The van der Waals surface area contributed by atoms with Crippen molar-refractivity contribution in [3.63, 3.8) is 0 Å². The molecule has 1 fully saturated rings. The van der Waals surface area contributed by atoms with E-state index < -0.39 is 0 Å². The number of rotatable bonds is 5. The number of nitrogens with zero attached hydrogens (tertiary/aromatic N) is 3. The smallest absolute Gasteiger partial charge is 0.266 e. The van der Waals surface area contributed by atoms with Gasteiger partial charge in [0.2, 0.25) is 0 Å². The minimum absolute atomic E-state index is 0.124. The third kappa shape index (κ3) is 4.78. The van der Waals surface area contributed by atoms with E-state index in [2.05, 4.69) is 30.4 Å². The van der Waals surface area contributed by atoms with Crippen LogP contribution < -0.4 is 5.32 Å². The predicted molar refractivity (Wildman–Crippen MR) is 127 cm³/mol. The van der Waals surface area contributed by atoms with Gasteiger partial charge < -0.3 is 10.2 Å². The van der Waals surface area contributed by atoms with Crippen molar-refractivity contribution in [2.45, 2.75) is 45.1 Å². The summed E-state index contributed by atoms with van der Waals surface area (Å²) in [5.74, 6) is -0.219. The minimum atomic E-state index is -0.219. The van der Waals surface area contributed by atoms with E-state index in [1.54, 1.807) is 23.3 Å². The van der Waals surface area contributed by atoms with Crippen LogP contribution in [0.15, 0.2) is 54.2 Å². The maximum Gasteiger partial charge on any atom is 0.266 e. The summed E-state index contributed by atoms with van der Waals surface area (Å²) in [4.78, 5) is 19.2. The lowest BCUT2D eigenvalue weighted by molar-refractivity contribution is -0.128. The number of aromatic nitrogens is 1. The number of benzene rings is 2. The molecule has 0 spiro atoms. The third-order valence-electron chi connectivity index (χ3n) is 5.85. The Morgan fingerprint density at radius 3 is 2.65 bits per heavy atom. The summed E-state index contributed by atoms with van der Waals surface area (Å²) in [6.07, 6.45) is 7.06. The molecule has 0 bridgehead atoms. The van der Waals surface area contributed by atoms with Gasteiger partial charge in [0.1, 0.15) is 16.6 Å². The topological polar surface area (TPSA) is 69.0 Å². The first kappa shape index (κ1) is 21.1. The lowest BCUT2D eigenvalue weighted by Crippen LogP contribution is -2.39. The SMILES string of the molecule is Cc1ccc2nc(-c3ccc(N/C=C(/C#N)C(=O)N(C)C4CCCCC4)cc3)sc2c1. The number of nitriles is 1. The van der Waals surface area contributed by atoms with E-state index in [4.69, 9.17) is 4.98 Å². The molecule has 4 rings (SSSR count). The Morgan fingerprint density at radius 2 is 1.94 bits per heavy atom. The molecule has 0 aliphatic heterocycles. The summed E-state index contributed by atoms with van der Waals surface area (Å²) in [7, 11) is 1.80. The van der Waals surface area contributed by atoms with E-state index >= 15 is 0 Å². The largest absolute Gasteiger partial charge is 0.360 e. The lowest BCUT2D eigenvalue weighted by atomic mass is 9.94. The molecule has 1 aliphatic rings. The van der Waals surface area contributed by atoms with Crippen molar-refractivity contribution < 1.29 is 4.79 Å². The molecule has 5 nitrogen and oxygen atoms in total. The molecule has 0 atom stereocenters. The molecule has 158 valence electrons. The average Bonchev–Trinajstić information content (AvgIpc) is 3.23. The Bertz CT molecular complexity index is 1150. The van der Waals surface area contributed by atoms with Crippen molar-refractivity contribution in [3.05, 3.63) is 59.8 Å². The summed E-state index contributed by atoms with van der Waals surface area (Å²) < 4.78 is 1.18. The van der Waals surface area contributed by atoms with Crippen molar-refractivity contribution in [1.82, 2.24) is 9.88 Å². The predicted octanol–water partition coefficient (Wildman–Crippen LogP) is 5.88. The number of thiazole rings is 1. The molecule has 1 aliphatic carbocycles. The first-order valence-corrected chi connectivity index (χ1v) is 11.5. The van der Waals surface area contributed by atoms with Gasteiger partial charge in [-0.1, -0.05) is 25.3 Å². The van der Waals surface area contributed by atoms with Crippen LogP contribution in [-0.4, -0.2) is 28.9 Å². The molecule has 2 aromatic carbocycles. The van der Waals surface area contributed by atoms with Crippen LogP contribution in [-0.2, 0) is 4.79 Å². The zero-order valence-electron chi connectivity index (χ0n) is 17.9. The molecule has 1 amide bonds. The van der Waals surface area contributed by atoms with Crippen LogP contribution in [0.3, 0.4) is 0 Å². The highest BCUT2D eigenvalue weighted by molar-refractivity contribution is 7.21. The van der Waals surface area contributed by atoms with Gasteiger partial charge in [-0.3, -0.25) is 4.79 Å². The summed E-state index contributed by atoms with van der Waals surface area (Å²) in [5.41, 5.74) is 4.23. The van der Waals surface area contributed by atoms with E-state index in [1.165, 1.54) is 22.9 Å². The van der Waals surface area contributed by atoms with Crippen LogP contribution in [0, 0.1) is 18.3 Å². The summed E-state index contributed by atoms with van der Waals surface area (Å²) in [6.45, 7) is 2.08. The van der Waals surface area contributed by atoms with Crippen LogP contribution in [0.1, 0.15) is 37.7 Å². The maximum atomic E-state index is 12.7. The lowest BCUT2D eigenvalue weighted by Gasteiger charge is -2.31. The van der Waals surface area contributed by atoms with Gasteiger partial charge in [0.25, 0.3) is 5.91 Å². The van der Waals surface area contributed by atoms with Gasteiger partial charge in [0, 0.05) is 30.5 Å². The van der Waals surface area contributed by atoms with E-state index in [0.717, 1.165) is 47.5 Å². The van der Waals surface area contributed by atoms with Crippen molar-refractivity contribution in [1.29, 1.82) is 5.26 Å². The van der Waals surface area contributed by atoms with Gasteiger partial charge in [-0.25, -0.2) is 4.98 Å². The number of fused-ring (bicyclic) bond motifs is 1. The fraction of sp³-hybridized carbons (Fsp3) is 0.320. The second-order valence-electron chi connectivity index (χ2n) is 8.09. The van der Waals surface area contributed by atoms with E-state index in [-0.39, 0.29) is 17.5 Å². The van der Waals surface area contributed by atoms with E-state index in [0.29, 0.717) is 0 Å². The molecule has 31 heavy (non-hydrogen) atoms. The normalized spacial score (nSPS) is 14.9. The van der Waals surface area contributed by atoms with Crippen LogP contribution in [0.4, 0.5) is 5.69 Å². The van der Waals surface area contributed by atoms with Crippen LogP contribution >= 0.6 is 11.3 Å². The second kappa shape index (κ2) is 9.32. The molecular weight excluding hydrogens is 404 g/mol. The third-order valence-corrected chi connectivity index (χ3v) is 6.92. The first-order valence-electron chi connectivity index (χ1n) is 10.7. The Morgan fingerprint density at radius 1 is 1.19 bits per heavy atom. The maximum absolute atomic E-state index is 12.7. The highest BCUT2D eigenvalue weighted by Gasteiger charge is 2.24. The van der Waals surface area contributed by atoms with Crippen LogP contribution in [0.2, 0.25) is 0 Å². The average molecular weight is 431 g/mol. The molecule has 1 heterocycles. The molecule has 1 saturated carbocycles. The standard InChI is InChI=1S/C25H26N4OS/c1-17-8-13-22-23(14-17)31-24(28-22)18-9-11-20(12-10-18)27-16-19(15-26)25(30)29(2)21-6-4-3-5-7-21/h8-14,16,21,27H,3-7H2,1-2H3/b19-16-. The second-order valence-corrected chi connectivity index (χ2v) is 9.12. The first-order chi connectivity index (χ1) is 15.0. The molecule has 3 aromatic rings. The molecule has 6 heteroatoms. The Hall–Kier alpha value is -3.17. The zero-order valence-corrected chi connectivity index (χ0v) is 18.7. The fourth-order valence-electron chi connectivity index (χ4n) is 3.99. The van der Waals surface area contributed by atoms with Crippen LogP contribution in [0.5, 0.6) is 0 Å². The Balaban J connectivity index is 1.45. The molecule has 0 saturated heterocycles. The van der Waals surface area contributed by atoms with Gasteiger partial charge in [-0.15, -0.1) is 11.3 Å². The van der Waals surface area contributed by atoms with Crippen molar-refractivity contribution >= 4 is 33.1 Å². The quantitative estimate of drug-likeness (QED) is 0.405. The summed E-state index contributed by atoms with van der Waals surface area (Å²) >= 11 is 1.68. The summed E-state index contributed by atoms with van der Waals surface area (Å²) in [5, 5.41) is 13.6.